The van der Waals surface area contributed by atoms with Crippen LogP contribution in [0.5, 0.6) is 5.75 Å². The molecule has 0 aromatic heterocycles. The van der Waals surface area contributed by atoms with Gasteiger partial charge in [-0.15, -0.1) is 0 Å². The van der Waals surface area contributed by atoms with Gasteiger partial charge < -0.3 is 15.4 Å². The summed E-state index contributed by atoms with van der Waals surface area (Å²) >= 11 is 0. The monoisotopic (exact) mass is 419 g/mol. The van der Waals surface area contributed by atoms with Gasteiger partial charge in [-0.05, 0) is 42.8 Å². The quantitative estimate of drug-likeness (QED) is 0.422. The number of nitro groups is 1. The normalized spacial score (nSPS) is 11.3. The maximum atomic E-state index is 12.3. The molecule has 3 aromatic carbocycles. The number of non-ortho nitro benzene ring substituents is 1. The Balaban J connectivity index is 1.51. The number of carbonyl (C=O) groups is 2. The molecular formula is C23H21N3O5. The first kappa shape index (κ1) is 21.5. The van der Waals surface area contributed by atoms with Crippen molar-refractivity contribution in [2.24, 2.45) is 0 Å². The zero-order valence-corrected chi connectivity index (χ0v) is 16.8. The molecule has 1 atom stereocenters. The van der Waals surface area contributed by atoms with E-state index in [0.717, 1.165) is 5.56 Å². The van der Waals surface area contributed by atoms with E-state index in [-0.39, 0.29) is 29.8 Å². The molecule has 0 aliphatic rings. The molecular weight excluding hydrogens is 398 g/mol. The third-order valence-electron chi connectivity index (χ3n) is 4.48. The van der Waals surface area contributed by atoms with Crippen molar-refractivity contribution in [2.75, 3.05) is 11.9 Å². The number of rotatable bonds is 8. The van der Waals surface area contributed by atoms with Crippen LogP contribution in [0.4, 0.5) is 11.4 Å². The van der Waals surface area contributed by atoms with Crippen molar-refractivity contribution in [3.63, 3.8) is 0 Å². The summed E-state index contributed by atoms with van der Waals surface area (Å²) in [5, 5.41) is 16.4. The van der Waals surface area contributed by atoms with Crippen LogP contribution in [0.2, 0.25) is 0 Å². The van der Waals surface area contributed by atoms with E-state index < -0.39 is 10.8 Å². The van der Waals surface area contributed by atoms with E-state index in [0.29, 0.717) is 11.4 Å². The highest BCUT2D eigenvalue weighted by molar-refractivity contribution is 6.04. The zero-order valence-electron chi connectivity index (χ0n) is 16.8. The molecule has 2 N–H and O–H groups in total. The number of nitro benzene ring substituents is 1. The number of nitrogens with zero attached hydrogens (tertiary/aromatic N) is 1. The van der Waals surface area contributed by atoms with Crippen LogP contribution in [-0.4, -0.2) is 23.3 Å². The van der Waals surface area contributed by atoms with E-state index in [9.17, 15) is 19.7 Å². The van der Waals surface area contributed by atoms with E-state index in [4.69, 9.17) is 4.74 Å². The first-order valence-electron chi connectivity index (χ1n) is 9.55. The van der Waals surface area contributed by atoms with Crippen LogP contribution in [0.3, 0.4) is 0 Å². The number of hydrogen-bond donors (Lipinski definition) is 2. The molecule has 2 amide bonds. The Morgan fingerprint density at radius 1 is 1.00 bits per heavy atom. The SMILES string of the molecule is C[C@H](NC(=O)COc1ccc(NC(=O)c2cccc([N+](=O)[O-])c2)cc1)c1ccccc1. The van der Waals surface area contributed by atoms with Gasteiger partial charge in [0.25, 0.3) is 17.5 Å². The lowest BCUT2D eigenvalue weighted by Gasteiger charge is -2.14. The topological polar surface area (TPSA) is 111 Å². The summed E-state index contributed by atoms with van der Waals surface area (Å²) in [6.07, 6.45) is 0. The standard InChI is InChI=1S/C23H21N3O5/c1-16(17-6-3-2-4-7-17)24-22(27)15-31-21-12-10-19(11-13-21)25-23(28)18-8-5-9-20(14-18)26(29)30/h2-14,16H,15H2,1H3,(H,24,27)(H,25,28)/t16-/m0/s1. The van der Waals surface area contributed by atoms with Gasteiger partial charge in [-0.3, -0.25) is 19.7 Å². The molecule has 0 aliphatic heterocycles. The molecule has 0 aliphatic carbocycles. The van der Waals surface area contributed by atoms with Gasteiger partial charge in [-0.2, -0.15) is 0 Å². The maximum absolute atomic E-state index is 12.3. The van der Waals surface area contributed by atoms with Gasteiger partial charge >= 0.3 is 0 Å². The van der Waals surface area contributed by atoms with E-state index >= 15 is 0 Å². The van der Waals surface area contributed by atoms with Gasteiger partial charge in [0.15, 0.2) is 6.61 Å². The van der Waals surface area contributed by atoms with Crippen LogP contribution >= 0.6 is 0 Å². The molecule has 0 heterocycles. The van der Waals surface area contributed by atoms with Crippen molar-refractivity contribution in [1.29, 1.82) is 0 Å². The molecule has 0 fully saturated rings. The van der Waals surface area contributed by atoms with E-state index in [1.165, 1.54) is 24.3 Å². The predicted molar refractivity (Wildman–Crippen MR) is 116 cm³/mol. The van der Waals surface area contributed by atoms with Crippen molar-refractivity contribution in [3.05, 3.63) is 100 Å². The minimum atomic E-state index is -0.556. The van der Waals surface area contributed by atoms with Crippen molar-refractivity contribution in [2.45, 2.75) is 13.0 Å². The molecule has 3 aromatic rings. The predicted octanol–water partition coefficient (Wildman–Crippen LogP) is 4.10. The Morgan fingerprint density at radius 2 is 1.71 bits per heavy atom. The van der Waals surface area contributed by atoms with Crippen molar-refractivity contribution in [3.8, 4) is 5.75 Å². The van der Waals surface area contributed by atoms with Crippen LogP contribution in [0.15, 0.2) is 78.9 Å². The molecule has 8 nitrogen and oxygen atoms in total. The molecule has 3 rings (SSSR count). The number of carbonyl (C=O) groups excluding carboxylic acids is 2. The van der Waals surface area contributed by atoms with Gasteiger partial charge in [0.2, 0.25) is 0 Å². The molecule has 0 bridgehead atoms. The van der Waals surface area contributed by atoms with Gasteiger partial charge in [0, 0.05) is 23.4 Å². The third kappa shape index (κ3) is 6.14. The summed E-state index contributed by atoms with van der Waals surface area (Å²) in [4.78, 5) is 34.7. The van der Waals surface area contributed by atoms with Crippen molar-refractivity contribution >= 4 is 23.2 Å². The Labute approximate surface area is 179 Å². The zero-order chi connectivity index (χ0) is 22.2. The van der Waals surface area contributed by atoms with E-state index in [1.54, 1.807) is 24.3 Å². The van der Waals surface area contributed by atoms with Crippen molar-refractivity contribution in [1.82, 2.24) is 5.32 Å². The van der Waals surface area contributed by atoms with E-state index in [1.807, 2.05) is 37.3 Å². The lowest BCUT2D eigenvalue weighted by atomic mass is 10.1. The Hall–Kier alpha value is -4.20. The fourth-order valence-electron chi connectivity index (χ4n) is 2.86. The maximum Gasteiger partial charge on any atom is 0.270 e. The summed E-state index contributed by atoms with van der Waals surface area (Å²) in [6.45, 7) is 1.75. The second-order valence-corrected chi connectivity index (χ2v) is 6.77. The van der Waals surface area contributed by atoms with Crippen LogP contribution in [0, 0.1) is 10.1 Å². The largest absolute Gasteiger partial charge is 0.484 e. The minimum absolute atomic E-state index is 0.135. The van der Waals surface area contributed by atoms with Crippen molar-refractivity contribution < 1.29 is 19.2 Å². The average Bonchev–Trinajstić information content (AvgIpc) is 2.79. The second kappa shape index (κ2) is 10.0. The molecule has 0 unspecified atom stereocenters. The fourth-order valence-corrected chi connectivity index (χ4v) is 2.86. The summed E-state index contributed by atoms with van der Waals surface area (Å²) in [6, 6.07) is 21.4. The third-order valence-corrected chi connectivity index (χ3v) is 4.48. The second-order valence-electron chi connectivity index (χ2n) is 6.77. The minimum Gasteiger partial charge on any atom is -0.484 e. The Morgan fingerprint density at radius 3 is 2.39 bits per heavy atom. The van der Waals surface area contributed by atoms with Crippen LogP contribution in [0.25, 0.3) is 0 Å². The first-order valence-corrected chi connectivity index (χ1v) is 9.55. The van der Waals surface area contributed by atoms with Gasteiger partial charge in [-0.25, -0.2) is 0 Å². The molecule has 0 spiro atoms. The Kier molecular flexibility index (Phi) is 6.95. The number of anilines is 1. The highest BCUT2D eigenvalue weighted by Gasteiger charge is 2.12. The van der Waals surface area contributed by atoms with Crippen LogP contribution < -0.4 is 15.4 Å². The summed E-state index contributed by atoms with van der Waals surface area (Å²) in [5.74, 6) is -0.248. The molecule has 8 heteroatoms. The molecule has 31 heavy (non-hydrogen) atoms. The number of nitrogens with one attached hydrogen (secondary N) is 2. The summed E-state index contributed by atoms with van der Waals surface area (Å²) in [7, 11) is 0. The highest BCUT2D eigenvalue weighted by atomic mass is 16.6. The van der Waals surface area contributed by atoms with Gasteiger partial charge in [-0.1, -0.05) is 36.4 Å². The molecule has 0 saturated heterocycles. The number of hydrogen-bond acceptors (Lipinski definition) is 5. The molecule has 158 valence electrons. The smallest absolute Gasteiger partial charge is 0.270 e. The van der Waals surface area contributed by atoms with Gasteiger partial charge in [0.05, 0.1) is 11.0 Å². The molecule has 0 radical (unpaired) electrons. The number of ether oxygens (including phenoxy) is 1. The first-order chi connectivity index (χ1) is 14.9. The molecule has 0 saturated carbocycles. The number of amides is 2. The highest BCUT2D eigenvalue weighted by Crippen LogP contribution is 2.18. The summed E-state index contributed by atoms with van der Waals surface area (Å²) < 4.78 is 5.49. The summed E-state index contributed by atoms with van der Waals surface area (Å²) in [5.41, 5.74) is 1.51. The van der Waals surface area contributed by atoms with Gasteiger partial charge in [0.1, 0.15) is 5.75 Å². The lowest BCUT2D eigenvalue weighted by molar-refractivity contribution is -0.384. The fraction of sp³-hybridized carbons (Fsp3) is 0.130. The Bertz CT molecular complexity index is 1070. The number of benzene rings is 3. The lowest BCUT2D eigenvalue weighted by Crippen LogP contribution is -2.31. The van der Waals surface area contributed by atoms with Crippen LogP contribution in [0.1, 0.15) is 28.9 Å². The van der Waals surface area contributed by atoms with Crippen LogP contribution in [-0.2, 0) is 4.79 Å². The van der Waals surface area contributed by atoms with E-state index in [2.05, 4.69) is 10.6 Å². The average molecular weight is 419 g/mol.